The number of nitrogens with zero attached hydrogens (tertiary/aromatic N) is 1. The van der Waals surface area contributed by atoms with E-state index in [1.54, 1.807) is 18.2 Å². The van der Waals surface area contributed by atoms with Gasteiger partial charge in [-0.05, 0) is 49.4 Å². The van der Waals surface area contributed by atoms with Crippen molar-refractivity contribution in [2.45, 2.75) is 26.2 Å². The summed E-state index contributed by atoms with van der Waals surface area (Å²) in [6.45, 7) is 1.82. The average Bonchev–Trinajstić information content (AvgIpc) is 3.02. The largest absolute Gasteiger partial charge is 0.398 e. The van der Waals surface area contributed by atoms with Crippen LogP contribution in [0.5, 0.6) is 0 Å². The predicted octanol–water partition coefficient (Wildman–Crippen LogP) is 3.25. The molecule has 0 bridgehead atoms. The maximum absolute atomic E-state index is 12.4. The molecule has 0 saturated heterocycles. The summed E-state index contributed by atoms with van der Waals surface area (Å²) in [4.78, 5) is 13.6. The number of hydrogen-bond acceptors (Lipinski definition) is 4. The number of aryl methyl sites for hydroxylation is 1. The quantitative estimate of drug-likeness (QED) is 0.835. The van der Waals surface area contributed by atoms with Crippen molar-refractivity contribution in [3.05, 3.63) is 45.3 Å². The second-order valence-corrected chi connectivity index (χ2v) is 6.25. The predicted molar refractivity (Wildman–Crippen MR) is 84.6 cm³/mol. The van der Waals surface area contributed by atoms with Crippen molar-refractivity contribution in [3.63, 3.8) is 0 Å². The minimum Gasteiger partial charge on any atom is -0.398 e. The van der Waals surface area contributed by atoms with Crippen LogP contribution in [-0.2, 0) is 12.8 Å². The summed E-state index contributed by atoms with van der Waals surface area (Å²) in [6, 6.07) is 7.51. The highest BCUT2D eigenvalue weighted by atomic mass is 32.1. The highest BCUT2D eigenvalue weighted by Gasteiger charge is 2.23. The molecule has 21 heavy (non-hydrogen) atoms. The number of carbonyl (C=O) groups is 1. The van der Waals surface area contributed by atoms with Crippen LogP contribution in [0.1, 0.15) is 38.3 Å². The molecule has 1 aliphatic rings. The monoisotopic (exact) mass is 297 g/mol. The highest BCUT2D eigenvalue weighted by Crippen LogP contribution is 2.38. The Kier molecular flexibility index (Phi) is 3.40. The summed E-state index contributed by atoms with van der Waals surface area (Å²) in [5.74, 6) is -0.212. The molecule has 1 heterocycles. The Balaban J connectivity index is 1.93. The molecule has 1 aromatic heterocycles. The molecule has 2 aromatic rings. The van der Waals surface area contributed by atoms with E-state index in [2.05, 4.69) is 11.4 Å². The zero-order chi connectivity index (χ0) is 15.0. The van der Waals surface area contributed by atoms with E-state index in [-0.39, 0.29) is 5.91 Å². The molecule has 106 valence electrons. The van der Waals surface area contributed by atoms with E-state index in [0.717, 1.165) is 30.4 Å². The van der Waals surface area contributed by atoms with Gasteiger partial charge in [0.1, 0.15) is 11.1 Å². The molecule has 1 amide bonds. The lowest BCUT2D eigenvalue weighted by molar-refractivity contribution is 0.102. The number of fused-ring (bicyclic) bond motifs is 1. The number of nitrogens with one attached hydrogen (secondary N) is 1. The number of benzene rings is 1. The number of thiophene rings is 1. The molecular weight excluding hydrogens is 282 g/mol. The fourth-order valence-corrected chi connectivity index (χ4v) is 3.92. The Hall–Kier alpha value is -2.32. The number of hydrogen-bond donors (Lipinski definition) is 2. The van der Waals surface area contributed by atoms with Crippen molar-refractivity contribution in [2.24, 2.45) is 0 Å². The molecule has 0 atom stereocenters. The summed E-state index contributed by atoms with van der Waals surface area (Å²) < 4.78 is 0. The van der Waals surface area contributed by atoms with E-state index < -0.39 is 0 Å². The SMILES string of the molecule is Cc1c(N)cccc1C(=O)Nc1sc2c(c1C#N)CCC2. The van der Waals surface area contributed by atoms with Gasteiger partial charge in [-0.1, -0.05) is 6.07 Å². The van der Waals surface area contributed by atoms with Gasteiger partial charge in [0.25, 0.3) is 5.91 Å². The van der Waals surface area contributed by atoms with Crippen LogP contribution in [0.15, 0.2) is 18.2 Å². The van der Waals surface area contributed by atoms with E-state index in [1.165, 1.54) is 16.2 Å². The molecule has 4 nitrogen and oxygen atoms in total. The summed E-state index contributed by atoms with van der Waals surface area (Å²) in [6.07, 6.45) is 3.03. The first kappa shape index (κ1) is 13.7. The second kappa shape index (κ2) is 5.23. The molecule has 0 unspecified atom stereocenters. The number of nitrogens with two attached hydrogens (primary N) is 1. The minimum absolute atomic E-state index is 0.212. The Bertz CT molecular complexity index is 771. The lowest BCUT2D eigenvalue weighted by atomic mass is 10.1. The van der Waals surface area contributed by atoms with E-state index in [9.17, 15) is 10.1 Å². The van der Waals surface area contributed by atoms with Crippen LogP contribution in [0.3, 0.4) is 0 Å². The number of nitrogen functional groups attached to an aromatic ring is 1. The van der Waals surface area contributed by atoms with E-state index in [4.69, 9.17) is 5.73 Å². The Morgan fingerprint density at radius 1 is 1.43 bits per heavy atom. The van der Waals surface area contributed by atoms with Gasteiger partial charge < -0.3 is 11.1 Å². The summed E-state index contributed by atoms with van der Waals surface area (Å²) >= 11 is 1.52. The fraction of sp³-hybridized carbons (Fsp3) is 0.250. The lowest BCUT2D eigenvalue weighted by Gasteiger charge is -2.08. The Morgan fingerprint density at radius 3 is 3.00 bits per heavy atom. The van der Waals surface area contributed by atoms with Gasteiger partial charge in [-0.25, -0.2) is 0 Å². The number of rotatable bonds is 2. The maximum atomic E-state index is 12.4. The average molecular weight is 297 g/mol. The smallest absolute Gasteiger partial charge is 0.256 e. The topological polar surface area (TPSA) is 78.9 Å². The highest BCUT2D eigenvalue weighted by molar-refractivity contribution is 7.16. The van der Waals surface area contributed by atoms with Crippen LogP contribution in [0, 0.1) is 18.3 Å². The van der Waals surface area contributed by atoms with Crippen molar-refractivity contribution in [3.8, 4) is 6.07 Å². The molecule has 0 spiro atoms. The normalized spacial score (nSPS) is 12.8. The van der Waals surface area contributed by atoms with Gasteiger partial charge in [0.05, 0.1) is 5.56 Å². The van der Waals surface area contributed by atoms with Crippen LogP contribution in [0.2, 0.25) is 0 Å². The molecule has 1 aromatic carbocycles. The molecule has 5 heteroatoms. The van der Waals surface area contributed by atoms with Gasteiger partial charge in [0, 0.05) is 16.1 Å². The van der Waals surface area contributed by atoms with Crippen LogP contribution < -0.4 is 11.1 Å². The van der Waals surface area contributed by atoms with Gasteiger partial charge in [-0.15, -0.1) is 11.3 Å². The lowest BCUT2D eigenvalue weighted by Crippen LogP contribution is -2.14. The maximum Gasteiger partial charge on any atom is 0.256 e. The zero-order valence-corrected chi connectivity index (χ0v) is 12.5. The van der Waals surface area contributed by atoms with Crippen molar-refractivity contribution in [1.29, 1.82) is 5.26 Å². The van der Waals surface area contributed by atoms with E-state index in [0.29, 0.717) is 21.8 Å². The third-order valence-electron chi connectivity index (χ3n) is 3.88. The standard InChI is InChI=1S/C16H15N3OS/c1-9-10(4-2-6-13(9)18)15(20)19-16-12(8-17)11-5-3-7-14(11)21-16/h2,4,6H,3,5,7,18H2,1H3,(H,19,20). The van der Waals surface area contributed by atoms with E-state index >= 15 is 0 Å². The Morgan fingerprint density at radius 2 is 2.24 bits per heavy atom. The molecule has 0 saturated carbocycles. The minimum atomic E-state index is -0.212. The second-order valence-electron chi connectivity index (χ2n) is 5.15. The van der Waals surface area contributed by atoms with Crippen LogP contribution in [-0.4, -0.2) is 5.91 Å². The van der Waals surface area contributed by atoms with Gasteiger partial charge in [0.15, 0.2) is 0 Å². The Labute approximate surface area is 127 Å². The third kappa shape index (κ3) is 2.28. The van der Waals surface area contributed by atoms with Crippen LogP contribution >= 0.6 is 11.3 Å². The zero-order valence-electron chi connectivity index (χ0n) is 11.7. The van der Waals surface area contributed by atoms with Gasteiger partial charge in [-0.2, -0.15) is 5.26 Å². The van der Waals surface area contributed by atoms with Gasteiger partial charge in [-0.3, -0.25) is 4.79 Å². The molecule has 0 aliphatic heterocycles. The fourth-order valence-electron chi connectivity index (χ4n) is 2.68. The summed E-state index contributed by atoms with van der Waals surface area (Å²) in [5, 5.41) is 12.9. The van der Waals surface area contributed by atoms with Gasteiger partial charge >= 0.3 is 0 Å². The number of amides is 1. The van der Waals surface area contributed by atoms with Crippen molar-refractivity contribution in [2.75, 3.05) is 11.1 Å². The molecule has 0 fully saturated rings. The third-order valence-corrected chi connectivity index (χ3v) is 5.09. The summed E-state index contributed by atoms with van der Waals surface area (Å²) in [7, 11) is 0. The molecular formula is C16H15N3OS. The van der Waals surface area contributed by atoms with Crippen LogP contribution in [0.4, 0.5) is 10.7 Å². The molecule has 1 aliphatic carbocycles. The van der Waals surface area contributed by atoms with Crippen molar-refractivity contribution in [1.82, 2.24) is 0 Å². The number of carbonyl (C=O) groups excluding carboxylic acids is 1. The first-order chi connectivity index (χ1) is 10.1. The first-order valence-corrected chi connectivity index (χ1v) is 7.64. The molecule has 0 radical (unpaired) electrons. The van der Waals surface area contributed by atoms with Crippen molar-refractivity contribution >= 4 is 27.9 Å². The number of nitriles is 1. The molecule has 3 N–H and O–H groups in total. The van der Waals surface area contributed by atoms with Gasteiger partial charge in [0.2, 0.25) is 0 Å². The first-order valence-electron chi connectivity index (χ1n) is 6.83. The number of anilines is 2. The van der Waals surface area contributed by atoms with E-state index in [1.807, 2.05) is 6.92 Å². The van der Waals surface area contributed by atoms with Crippen molar-refractivity contribution < 1.29 is 4.79 Å². The summed E-state index contributed by atoms with van der Waals surface area (Å²) in [5.41, 5.74) is 9.48. The van der Waals surface area contributed by atoms with Crippen LogP contribution in [0.25, 0.3) is 0 Å². The molecule has 3 rings (SSSR count).